The number of amides is 1. The summed E-state index contributed by atoms with van der Waals surface area (Å²) in [6.45, 7) is 8.52. The van der Waals surface area contributed by atoms with E-state index in [0.29, 0.717) is 10.6 Å². The van der Waals surface area contributed by atoms with Crippen molar-refractivity contribution in [2.24, 2.45) is 0 Å². The molecule has 1 N–H and O–H groups in total. The second-order valence-electron chi connectivity index (χ2n) is 7.83. The number of anilines is 1. The highest BCUT2D eigenvalue weighted by Gasteiger charge is 2.29. The van der Waals surface area contributed by atoms with Gasteiger partial charge in [0.05, 0.1) is 22.8 Å². The van der Waals surface area contributed by atoms with Gasteiger partial charge in [0.2, 0.25) is 5.91 Å². The zero-order valence-corrected chi connectivity index (χ0v) is 20.4. The number of benzene rings is 1. The van der Waals surface area contributed by atoms with Crippen LogP contribution in [-0.2, 0) is 32.3 Å². The third-order valence-electron chi connectivity index (χ3n) is 5.51. The number of carbonyl (C=O) groups excluding carboxylic acids is 2. The van der Waals surface area contributed by atoms with Crippen LogP contribution in [-0.4, -0.2) is 50.6 Å². The fraction of sp³-hybridized carbons (Fsp3) is 0.478. The molecule has 1 aliphatic heterocycles. The topological polar surface area (TPSA) is 92.8 Å². The van der Waals surface area contributed by atoms with E-state index in [0.717, 1.165) is 42.1 Å². The molecule has 0 radical (unpaired) electrons. The Balaban J connectivity index is 1.67. The monoisotopic (exact) mass is 478 g/mol. The number of thiophene rings is 1. The first kappa shape index (κ1) is 24.4. The van der Waals surface area contributed by atoms with Crippen LogP contribution in [0.15, 0.2) is 29.2 Å². The largest absolute Gasteiger partial charge is 0.462 e. The van der Waals surface area contributed by atoms with Crippen molar-refractivity contribution in [2.75, 3.05) is 30.8 Å². The van der Waals surface area contributed by atoms with E-state index in [4.69, 9.17) is 4.74 Å². The lowest BCUT2D eigenvalue weighted by atomic mass is 10.0. The van der Waals surface area contributed by atoms with Crippen LogP contribution in [0.2, 0.25) is 0 Å². The SMILES string of the molecule is CCOC(=O)c1c(NC(=O)CCCS(=O)(=O)c2ccc(C)cc2)sc2c1CCN(CC)C2. The fourth-order valence-corrected chi connectivity index (χ4v) is 6.31. The number of fused-ring (bicyclic) bond motifs is 1. The molecule has 0 bridgehead atoms. The maximum atomic E-state index is 12.6. The standard InChI is InChI=1S/C23H30N2O5S2/c1-4-25-13-12-18-19(15-25)31-22(21(18)23(27)30-5-2)24-20(26)7-6-14-32(28,29)17-10-8-16(3)9-11-17/h8-11H,4-7,12-15H2,1-3H3,(H,24,26). The Morgan fingerprint density at radius 3 is 2.56 bits per heavy atom. The van der Waals surface area contributed by atoms with Gasteiger partial charge in [-0.25, -0.2) is 13.2 Å². The third kappa shape index (κ3) is 5.76. The number of sulfone groups is 1. The molecule has 174 valence electrons. The molecule has 1 aromatic carbocycles. The molecule has 0 aliphatic carbocycles. The highest BCUT2D eigenvalue weighted by Crippen LogP contribution is 2.37. The molecule has 2 heterocycles. The molecular formula is C23H30N2O5S2. The molecule has 1 aromatic heterocycles. The number of hydrogen-bond acceptors (Lipinski definition) is 7. The van der Waals surface area contributed by atoms with Gasteiger partial charge in [0.1, 0.15) is 5.00 Å². The quantitative estimate of drug-likeness (QED) is 0.551. The summed E-state index contributed by atoms with van der Waals surface area (Å²) in [5.74, 6) is -0.839. The van der Waals surface area contributed by atoms with E-state index in [1.54, 1.807) is 31.2 Å². The molecule has 0 saturated carbocycles. The summed E-state index contributed by atoms with van der Waals surface area (Å²) in [5.41, 5.74) is 2.39. The Hall–Kier alpha value is -2.23. The van der Waals surface area contributed by atoms with Crippen molar-refractivity contribution in [3.63, 3.8) is 0 Å². The van der Waals surface area contributed by atoms with Crippen molar-refractivity contribution >= 4 is 38.1 Å². The highest BCUT2D eigenvalue weighted by molar-refractivity contribution is 7.91. The van der Waals surface area contributed by atoms with Crippen molar-refractivity contribution in [1.29, 1.82) is 0 Å². The number of rotatable bonds is 9. The average Bonchev–Trinajstić information content (AvgIpc) is 3.10. The van der Waals surface area contributed by atoms with Gasteiger partial charge in [0, 0.05) is 24.4 Å². The Morgan fingerprint density at radius 2 is 1.91 bits per heavy atom. The van der Waals surface area contributed by atoms with E-state index in [2.05, 4.69) is 17.1 Å². The zero-order valence-electron chi connectivity index (χ0n) is 18.8. The molecule has 32 heavy (non-hydrogen) atoms. The van der Waals surface area contributed by atoms with Gasteiger partial charge in [0.15, 0.2) is 9.84 Å². The van der Waals surface area contributed by atoms with Crippen molar-refractivity contribution in [2.45, 2.75) is 51.5 Å². The molecular weight excluding hydrogens is 448 g/mol. The van der Waals surface area contributed by atoms with Crippen LogP contribution >= 0.6 is 11.3 Å². The summed E-state index contributed by atoms with van der Waals surface area (Å²) < 4.78 is 30.2. The summed E-state index contributed by atoms with van der Waals surface area (Å²) in [5, 5.41) is 3.34. The van der Waals surface area contributed by atoms with Crippen LogP contribution in [0, 0.1) is 6.92 Å². The van der Waals surface area contributed by atoms with Gasteiger partial charge in [-0.1, -0.05) is 24.6 Å². The smallest absolute Gasteiger partial charge is 0.341 e. The molecule has 1 amide bonds. The van der Waals surface area contributed by atoms with Crippen molar-refractivity contribution in [3.05, 3.63) is 45.8 Å². The molecule has 9 heteroatoms. The molecule has 0 fully saturated rings. The molecule has 0 saturated heterocycles. The lowest BCUT2D eigenvalue weighted by Crippen LogP contribution is -2.30. The van der Waals surface area contributed by atoms with Gasteiger partial charge in [-0.2, -0.15) is 0 Å². The Labute approximate surface area is 193 Å². The van der Waals surface area contributed by atoms with Gasteiger partial charge in [-0.3, -0.25) is 9.69 Å². The molecule has 0 spiro atoms. The Kier molecular flexibility index (Phi) is 8.08. The minimum absolute atomic E-state index is 0.0526. The molecule has 7 nitrogen and oxygen atoms in total. The van der Waals surface area contributed by atoms with Crippen LogP contribution in [0.3, 0.4) is 0 Å². The first-order valence-corrected chi connectivity index (χ1v) is 13.3. The van der Waals surface area contributed by atoms with E-state index in [1.807, 2.05) is 6.92 Å². The summed E-state index contributed by atoms with van der Waals surface area (Å²) >= 11 is 1.41. The second-order valence-corrected chi connectivity index (χ2v) is 11.0. The predicted octanol–water partition coefficient (Wildman–Crippen LogP) is 3.80. The third-order valence-corrected chi connectivity index (χ3v) is 8.46. The number of hydrogen-bond donors (Lipinski definition) is 1. The van der Waals surface area contributed by atoms with Crippen molar-refractivity contribution in [3.8, 4) is 0 Å². The van der Waals surface area contributed by atoms with Crippen LogP contribution in [0.1, 0.15) is 53.1 Å². The maximum Gasteiger partial charge on any atom is 0.341 e. The number of likely N-dealkylation sites (N-methyl/N-ethyl adjacent to an activating group) is 1. The molecule has 0 atom stereocenters. The summed E-state index contributed by atoms with van der Waals surface area (Å²) in [6.07, 6.45) is 0.987. The van der Waals surface area contributed by atoms with E-state index < -0.39 is 15.8 Å². The van der Waals surface area contributed by atoms with Crippen molar-refractivity contribution < 1.29 is 22.7 Å². The van der Waals surface area contributed by atoms with E-state index in [-0.39, 0.29) is 36.0 Å². The minimum atomic E-state index is -3.44. The lowest BCUT2D eigenvalue weighted by Gasteiger charge is -2.25. The number of carbonyl (C=O) groups is 2. The Bertz CT molecular complexity index is 1070. The fourth-order valence-electron chi connectivity index (χ4n) is 3.71. The van der Waals surface area contributed by atoms with Crippen molar-refractivity contribution in [1.82, 2.24) is 4.90 Å². The summed E-state index contributed by atoms with van der Waals surface area (Å²) in [6, 6.07) is 6.70. The van der Waals surface area contributed by atoms with Gasteiger partial charge in [0.25, 0.3) is 0 Å². The van der Waals surface area contributed by atoms with Gasteiger partial charge in [-0.05, 0) is 50.9 Å². The van der Waals surface area contributed by atoms with Gasteiger partial charge in [-0.15, -0.1) is 11.3 Å². The van der Waals surface area contributed by atoms with Crippen LogP contribution in [0.25, 0.3) is 0 Å². The second kappa shape index (κ2) is 10.6. The van der Waals surface area contributed by atoms with Gasteiger partial charge < -0.3 is 10.1 Å². The van der Waals surface area contributed by atoms with Crippen LogP contribution in [0.4, 0.5) is 5.00 Å². The van der Waals surface area contributed by atoms with Gasteiger partial charge >= 0.3 is 5.97 Å². The Morgan fingerprint density at radius 1 is 1.19 bits per heavy atom. The minimum Gasteiger partial charge on any atom is -0.462 e. The van der Waals surface area contributed by atoms with E-state index in [1.165, 1.54) is 11.3 Å². The number of nitrogens with zero attached hydrogens (tertiary/aromatic N) is 1. The first-order chi connectivity index (χ1) is 15.2. The normalized spacial score (nSPS) is 14.1. The van der Waals surface area contributed by atoms with Crippen LogP contribution in [0.5, 0.6) is 0 Å². The first-order valence-electron chi connectivity index (χ1n) is 10.9. The average molecular weight is 479 g/mol. The zero-order chi connectivity index (χ0) is 23.3. The molecule has 1 aliphatic rings. The van der Waals surface area contributed by atoms with E-state index >= 15 is 0 Å². The number of esters is 1. The summed E-state index contributed by atoms with van der Waals surface area (Å²) in [7, 11) is -3.44. The molecule has 3 rings (SSSR count). The van der Waals surface area contributed by atoms with E-state index in [9.17, 15) is 18.0 Å². The predicted molar refractivity (Wildman–Crippen MR) is 126 cm³/mol. The molecule has 0 unspecified atom stereocenters. The summed E-state index contributed by atoms with van der Waals surface area (Å²) in [4.78, 5) is 28.8. The number of aryl methyl sites for hydroxylation is 1. The highest BCUT2D eigenvalue weighted by atomic mass is 32.2. The number of nitrogens with one attached hydrogen (secondary N) is 1. The lowest BCUT2D eigenvalue weighted by molar-refractivity contribution is -0.116. The van der Waals surface area contributed by atoms with Crippen LogP contribution < -0.4 is 5.32 Å². The molecule has 2 aromatic rings. The maximum absolute atomic E-state index is 12.6. The number of ether oxygens (including phenoxy) is 1.